The van der Waals surface area contributed by atoms with Gasteiger partial charge in [0.15, 0.2) is 6.10 Å². The van der Waals surface area contributed by atoms with Crippen LogP contribution in [0, 0.1) is 0 Å². The number of nitrogens with one attached hydrogen (secondary N) is 1. The van der Waals surface area contributed by atoms with E-state index in [4.69, 9.17) is 16.3 Å². The van der Waals surface area contributed by atoms with Crippen LogP contribution in [-0.4, -0.2) is 12.0 Å². The molecule has 0 heterocycles. The first kappa shape index (κ1) is 19.3. The van der Waals surface area contributed by atoms with Crippen molar-refractivity contribution in [2.75, 3.05) is 5.32 Å². The Morgan fingerprint density at radius 3 is 2.37 bits per heavy atom. The number of rotatable bonds is 7. The van der Waals surface area contributed by atoms with E-state index in [0.29, 0.717) is 10.8 Å². The molecular weight excluding hydrogens is 378 g/mol. The van der Waals surface area contributed by atoms with E-state index in [-0.39, 0.29) is 5.91 Å². The summed E-state index contributed by atoms with van der Waals surface area (Å²) < 4.78 is 5.64. The van der Waals surface area contributed by atoms with Crippen molar-refractivity contribution in [2.45, 2.75) is 23.7 Å². The van der Waals surface area contributed by atoms with E-state index in [9.17, 15) is 4.79 Å². The van der Waals surface area contributed by atoms with E-state index < -0.39 is 6.10 Å². The summed E-state index contributed by atoms with van der Waals surface area (Å²) in [6.07, 6.45) is -0.654. The molecule has 1 atom stereocenters. The number of anilines is 1. The van der Waals surface area contributed by atoms with Gasteiger partial charge in [0, 0.05) is 16.3 Å². The van der Waals surface area contributed by atoms with Crippen LogP contribution >= 0.6 is 23.4 Å². The van der Waals surface area contributed by atoms with Crippen molar-refractivity contribution >= 4 is 35.0 Å². The molecule has 27 heavy (non-hydrogen) atoms. The van der Waals surface area contributed by atoms with Crippen LogP contribution in [0.1, 0.15) is 12.5 Å². The third kappa shape index (κ3) is 5.78. The Hall–Kier alpha value is -2.43. The summed E-state index contributed by atoms with van der Waals surface area (Å²) in [7, 11) is 0. The topological polar surface area (TPSA) is 38.3 Å². The second kappa shape index (κ2) is 9.49. The van der Waals surface area contributed by atoms with Crippen molar-refractivity contribution in [1.82, 2.24) is 0 Å². The lowest BCUT2D eigenvalue weighted by Crippen LogP contribution is -2.30. The normalized spacial score (nSPS) is 11.6. The predicted molar refractivity (Wildman–Crippen MR) is 113 cm³/mol. The molecule has 3 aromatic carbocycles. The third-order valence-corrected chi connectivity index (χ3v) is 5.28. The molecule has 0 saturated carbocycles. The van der Waals surface area contributed by atoms with E-state index >= 15 is 0 Å². The highest BCUT2D eigenvalue weighted by Crippen LogP contribution is 2.25. The van der Waals surface area contributed by atoms with E-state index in [1.54, 1.807) is 30.8 Å². The van der Waals surface area contributed by atoms with Gasteiger partial charge < -0.3 is 10.1 Å². The molecule has 3 rings (SSSR count). The molecule has 0 bridgehead atoms. The Bertz CT molecular complexity index is 884. The smallest absolute Gasteiger partial charge is 0.265 e. The zero-order chi connectivity index (χ0) is 19.1. The number of amides is 1. The average molecular weight is 398 g/mol. The maximum Gasteiger partial charge on any atom is 0.265 e. The maximum atomic E-state index is 12.3. The van der Waals surface area contributed by atoms with Crippen molar-refractivity contribution in [3.05, 3.63) is 89.4 Å². The lowest BCUT2D eigenvalue weighted by Gasteiger charge is -2.15. The lowest BCUT2D eigenvalue weighted by atomic mass is 10.2. The number of halogens is 1. The Morgan fingerprint density at radius 1 is 1.00 bits per heavy atom. The summed E-state index contributed by atoms with van der Waals surface area (Å²) in [6, 6.07) is 25.2. The third-order valence-electron chi connectivity index (χ3n) is 3.88. The van der Waals surface area contributed by atoms with Crippen LogP contribution in [0.25, 0.3) is 0 Å². The van der Waals surface area contributed by atoms with Gasteiger partial charge in [-0.3, -0.25) is 4.79 Å². The fourth-order valence-corrected chi connectivity index (χ4v) is 3.45. The van der Waals surface area contributed by atoms with Gasteiger partial charge in [-0.1, -0.05) is 54.1 Å². The lowest BCUT2D eigenvalue weighted by molar-refractivity contribution is -0.122. The van der Waals surface area contributed by atoms with Gasteiger partial charge in [-0.2, -0.15) is 0 Å². The number of benzene rings is 3. The second-order valence-electron chi connectivity index (χ2n) is 5.98. The Morgan fingerprint density at radius 2 is 1.67 bits per heavy atom. The highest BCUT2D eigenvalue weighted by atomic mass is 35.5. The molecule has 0 aromatic heterocycles. The van der Waals surface area contributed by atoms with Gasteiger partial charge >= 0.3 is 0 Å². The van der Waals surface area contributed by atoms with E-state index in [1.807, 2.05) is 54.6 Å². The quantitative estimate of drug-likeness (QED) is 0.494. The molecule has 138 valence electrons. The van der Waals surface area contributed by atoms with Gasteiger partial charge in [-0.05, 0) is 48.9 Å². The maximum absolute atomic E-state index is 12.3. The molecular formula is C22H20ClNO2S. The van der Waals surface area contributed by atoms with Crippen LogP contribution in [0.5, 0.6) is 5.75 Å². The Labute approximate surface area is 168 Å². The molecule has 0 radical (unpaired) electrons. The average Bonchev–Trinajstić information content (AvgIpc) is 2.70. The standard InChI is InChI=1S/C22H20ClNO2S/c1-16(26-21-10-6-5-9-20(21)23)22(25)24-18-13-11-17(12-14-18)15-27-19-7-3-2-4-8-19/h2-14,16H,15H2,1H3,(H,24,25)/t16-/m0/s1. The van der Waals surface area contributed by atoms with Crippen molar-refractivity contribution in [2.24, 2.45) is 0 Å². The van der Waals surface area contributed by atoms with Crippen LogP contribution in [0.4, 0.5) is 5.69 Å². The fraction of sp³-hybridized carbons (Fsp3) is 0.136. The minimum atomic E-state index is -0.654. The molecule has 1 N–H and O–H groups in total. The Kier molecular flexibility index (Phi) is 6.80. The van der Waals surface area contributed by atoms with E-state index in [2.05, 4.69) is 17.4 Å². The summed E-state index contributed by atoms with van der Waals surface area (Å²) in [6.45, 7) is 1.70. The largest absolute Gasteiger partial charge is 0.479 e. The first-order valence-electron chi connectivity index (χ1n) is 8.60. The van der Waals surface area contributed by atoms with Gasteiger partial charge in [-0.25, -0.2) is 0 Å². The zero-order valence-electron chi connectivity index (χ0n) is 14.9. The summed E-state index contributed by atoms with van der Waals surface area (Å²) in [5.41, 5.74) is 1.94. The number of ether oxygens (including phenoxy) is 1. The highest BCUT2D eigenvalue weighted by Gasteiger charge is 2.16. The summed E-state index contributed by atoms with van der Waals surface area (Å²) in [5, 5.41) is 3.35. The molecule has 0 aliphatic heterocycles. The SMILES string of the molecule is C[C@H](Oc1ccccc1Cl)C(=O)Nc1ccc(CSc2ccccc2)cc1. The molecule has 0 fully saturated rings. The minimum absolute atomic E-state index is 0.221. The molecule has 0 spiro atoms. The first-order chi connectivity index (χ1) is 13.1. The van der Waals surface area contributed by atoms with Gasteiger partial charge in [0.05, 0.1) is 5.02 Å². The fourth-order valence-electron chi connectivity index (χ4n) is 2.40. The van der Waals surface area contributed by atoms with Gasteiger partial charge in [-0.15, -0.1) is 11.8 Å². The molecule has 0 aliphatic rings. The van der Waals surface area contributed by atoms with Gasteiger partial charge in [0.2, 0.25) is 0 Å². The number of carbonyl (C=O) groups is 1. The zero-order valence-corrected chi connectivity index (χ0v) is 16.5. The van der Waals surface area contributed by atoms with E-state index in [1.165, 1.54) is 10.5 Å². The monoisotopic (exact) mass is 397 g/mol. The van der Waals surface area contributed by atoms with Crippen LogP contribution < -0.4 is 10.1 Å². The molecule has 0 saturated heterocycles. The van der Waals surface area contributed by atoms with Crippen molar-refractivity contribution in [1.29, 1.82) is 0 Å². The van der Waals surface area contributed by atoms with Crippen molar-refractivity contribution in [3.8, 4) is 5.75 Å². The van der Waals surface area contributed by atoms with Crippen LogP contribution in [-0.2, 0) is 10.5 Å². The molecule has 3 aromatic rings. The number of hydrogen-bond donors (Lipinski definition) is 1. The number of thioether (sulfide) groups is 1. The molecule has 1 amide bonds. The number of para-hydroxylation sites is 1. The van der Waals surface area contributed by atoms with Crippen LogP contribution in [0.15, 0.2) is 83.8 Å². The Balaban J connectivity index is 1.52. The number of carbonyl (C=O) groups excluding carboxylic acids is 1. The minimum Gasteiger partial charge on any atom is -0.479 e. The van der Waals surface area contributed by atoms with E-state index in [0.717, 1.165) is 11.4 Å². The summed E-state index contributed by atoms with van der Waals surface area (Å²) >= 11 is 7.85. The highest BCUT2D eigenvalue weighted by molar-refractivity contribution is 7.98. The first-order valence-corrected chi connectivity index (χ1v) is 9.97. The van der Waals surface area contributed by atoms with Crippen molar-refractivity contribution < 1.29 is 9.53 Å². The van der Waals surface area contributed by atoms with Gasteiger partial charge in [0.1, 0.15) is 5.75 Å². The van der Waals surface area contributed by atoms with Crippen LogP contribution in [0.2, 0.25) is 5.02 Å². The number of hydrogen-bond acceptors (Lipinski definition) is 3. The summed E-state index contributed by atoms with van der Waals surface area (Å²) in [5.74, 6) is 1.15. The molecule has 0 aliphatic carbocycles. The van der Waals surface area contributed by atoms with Crippen LogP contribution in [0.3, 0.4) is 0 Å². The van der Waals surface area contributed by atoms with Crippen molar-refractivity contribution in [3.63, 3.8) is 0 Å². The van der Waals surface area contributed by atoms with Gasteiger partial charge in [0.25, 0.3) is 5.91 Å². The molecule has 0 unspecified atom stereocenters. The molecule has 5 heteroatoms. The predicted octanol–water partition coefficient (Wildman–Crippen LogP) is 6.04. The summed E-state index contributed by atoms with van der Waals surface area (Å²) in [4.78, 5) is 13.6. The molecule has 3 nitrogen and oxygen atoms in total. The second-order valence-corrected chi connectivity index (χ2v) is 7.43.